The molecule has 1 fully saturated rings. The lowest BCUT2D eigenvalue weighted by molar-refractivity contribution is 0.258. The maximum Gasteiger partial charge on any atom is 0.00438 e. The third-order valence-electron chi connectivity index (χ3n) is 2.52. The summed E-state index contributed by atoms with van der Waals surface area (Å²) in [7, 11) is 0. The van der Waals surface area contributed by atoms with E-state index in [0.717, 1.165) is 18.0 Å². The van der Waals surface area contributed by atoms with Crippen molar-refractivity contribution in [1.29, 1.82) is 0 Å². The molecule has 0 aromatic rings. The van der Waals surface area contributed by atoms with E-state index in [-0.39, 0.29) is 0 Å². The van der Waals surface area contributed by atoms with E-state index in [1.165, 1.54) is 19.3 Å². The molecule has 1 N–H and O–H groups in total. The molecule has 1 nitrogen and oxygen atoms in total. The summed E-state index contributed by atoms with van der Waals surface area (Å²) in [4.78, 5) is 0. The van der Waals surface area contributed by atoms with Gasteiger partial charge in [-0.25, -0.2) is 0 Å². The number of hydrogen-bond donors (Lipinski definition) is 1. The molecule has 0 aromatic heterocycles. The van der Waals surface area contributed by atoms with Gasteiger partial charge in [0.2, 0.25) is 0 Å². The third kappa shape index (κ3) is 1.98. The van der Waals surface area contributed by atoms with Crippen LogP contribution >= 0.6 is 0 Å². The minimum absolute atomic E-state index is 0.744. The molecule has 1 aliphatic heterocycles. The van der Waals surface area contributed by atoms with E-state index in [0.29, 0.717) is 0 Å². The fourth-order valence-corrected chi connectivity index (χ4v) is 2.05. The van der Waals surface area contributed by atoms with Crippen molar-refractivity contribution in [3.05, 3.63) is 0 Å². The van der Waals surface area contributed by atoms with E-state index in [1.54, 1.807) is 0 Å². The van der Waals surface area contributed by atoms with Crippen LogP contribution in [-0.2, 0) is 0 Å². The first-order valence-corrected chi connectivity index (χ1v) is 4.48. The molecule has 3 atom stereocenters. The zero-order chi connectivity index (χ0) is 7.56. The van der Waals surface area contributed by atoms with Gasteiger partial charge in [0.15, 0.2) is 0 Å². The average molecular weight is 141 g/mol. The highest BCUT2D eigenvalue weighted by Gasteiger charge is 2.20. The van der Waals surface area contributed by atoms with Crippen LogP contribution in [0.4, 0.5) is 0 Å². The van der Waals surface area contributed by atoms with E-state index in [9.17, 15) is 0 Å². The molecule has 1 saturated heterocycles. The van der Waals surface area contributed by atoms with Crippen LogP contribution in [0.5, 0.6) is 0 Å². The lowest BCUT2D eigenvalue weighted by Gasteiger charge is -2.32. The van der Waals surface area contributed by atoms with Gasteiger partial charge in [-0.05, 0) is 32.6 Å². The van der Waals surface area contributed by atoms with Gasteiger partial charge in [-0.3, -0.25) is 0 Å². The Morgan fingerprint density at radius 1 is 1.20 bits per heavy atom. The third-order valence-corrected chi connectivity index (χ3v) is 2.52. The Kier molecular flexibility index (Phi) is 2.72. The number of piperidine rings is 1. The van der Waals surface area contributed by atoms with Gasteiger partial charge in [0, 0.05) is 12.1 Å². The molecule has 0 aliphatic carbocycles. The number of hydrogen-bond acceptors (Lipinski definition) is 1. The SMILES string of the molecule is CCC1C[C@@H](C)N[C@@H](C)C1. The fraction of sp³-hybridized carbons (Fsp3) is 1.00. The first-order chi connectivity index (χ1) is 4.72. The summed E-state index contributed by atoms with van der Waals surface area (Å²) < 4.78 is 0. The second-order valence-corrected chi connectivity index (χ2v) is 3.71. The molecule has 1 unspecified atom stereocenters. The highest BCUT2D eigenvalue weighted by atomic mass is 14.9. The summed E-state index contributed by atoms with van der Waals surface area (Å²) in [5.41, 5.74) is 0. The van der Waals surface area contributed by atoms with Crippen molar-refractivity contribution in [2.75, 3.05) is 0 Å². The van der Waals surface area contributed by atoms with E-state index < -0.39 is 0 Å². The van der Waals surface area contributed by atoms with Crippen molar-refractivity contribution in [2.24, 2.45) is 5.92 Å². The Morgan fingerprint density at radius 2 is 1.70 bits per heavy atom. The maximum atomic E-state index is 3.54. The van der Waals surface area contributed by atoms with Crippen LogP contribution in [0.3, 0.4) is 0 Å². The number of nitrogens with one attached hydrogen (secondary N) is 1. The molecule has 10 heavy (non-hydrogen) atoms. The maximum absolute atomic E-state index is 3.54. The average Bonchev–Trinajstić information content (AvgIpc) is 1.85. The van der Waals surface area contributed by atoms with Gasteiger partial charge in [0.05, 0.1) is 0 Å². The Balaban J connectivity index is 2.35. The van der Waals surface area contributed by atoms with E-state index in [1.807, 2.05) is 0 Å². The normalized spacial score (nSPS) is 41.7. The smallest absolute Gasteiger partial charge is 0.00438 e. The van der Waals surface area contributed by atoms with Gasteiger partial charge in [-0.15, -0.1) is 0 Å². The largest absolute Gasteiger partial charge is 0.312 e. The van der Waals surface area contributed by atoms with Crippen molar-refractivity contribution in [3.8, 4) is 0 Å². The highest BCUT2D eigenvalue weighted by molar-refractivity contribution is 4.79. The molecule has 0 spiro atoms. The summed E-state index contributed by atoms with van der Waals surface area (Å²) >= 11 is 0. The van der Waals surface area contributed by atoms with Crippen LogP contribution in [0, 0.1) is 5.92 Å². The molecule has 1 aliphatic rings. The second-order valence-electron chi connectivity index (χ2n) is 3.71. The molecule has 1 heterocycles. The zero-order valence-corrected chi connectivity index (χ0v) is 7.35. The van der Waals surface area contributed by atoms with Crippen LogP contribution in [0.1, 0.15) is 40.0 Å². The summed E-state index contributed by atoms with van der Waals surface area (Å²) in [5.74, 6) is 0.978. The minimum Gasteiger partial charge on any atom is -0.312 e. The predicted octanol–water partition coefficient (Wildman–Crippen LogP) is 2.17. The van der Waals surface area contributed by atoms with E-state index in [2.05, 4.69) is 26.1 Å². The lowest BCUT2D eigenvalue weighted by atomic mass is 9.87. The Morgan fingerprint density at radius 3 is 2.10 bits per heavy atom. The summed E-state index contributed by atoms with van der Waals surface area (Å²) in [6.07, 6.45) is 4.11. The fourth-order valence-electron chi connectivity index (χ4n) is 2.05. The van der Waals surface area contributed by atoms with Gasteiger partial charge in [-0.1, -0.05) is 13.3 Å². The first-order valence-electron chi connectivity index (χ1n) is 4.48. The molecule has 0 bridgehead atoms. The van der Waals surface area contributed by atoms with Crippen LogP contribution in [0.25, 0.3) is 0 Å². The van der Waals surface area contributed by atoms with Crippen molar-refractivity contribution >= 4 is 0 Å². The van der Waals surface area contributed by atoms with Crippen molar-refractivity contribution < 1.29 is 0 Å². The second kappa shape index (κ2) is 3.38. The molecular formula is C9H19N. The Bertz CT molecular complexity index is 90.9. The summed E-state index contributed by atoms with van der Waals surface area (Å²) in [6, 6.07) is 1.49. The summed E-state index contributed by atoms with van der Waals surface area (Å²) in [5, 5.41) is 3.54. The quantitative estimate of drug-likeness (QED) is 0.590. The zero-order valence-electron chi connectivity index (χ0n) is 7.35. The molecule has 1 rings (SSSR count). The topological polar surface area (TPSA) is 12.0 Å². The number of rotatable bonds is 1. The highest BCUT2D eigenvalue weighted by Crippen LogP contribution is 2.22. The van der Waals surface area contributed by atoms with Crippen LogP contribution in [0.2, 0.25) is 0 Å². The molecule has 0 amide bonds. The van der Waals surface area contributed by atoms with Crippen molar-refractivity contribution in [3.63, 3.8) is 0 Å². The molecule has 0 radical (unpaired) electrons. The standard InChI is InChI=1S/C9H19N/c1-4-9-5-7(2)10-8(3)6-9/h7-10H,4-6H2,1-3H3/t7-,8+,9?. The van der Waals surface area contributed by atoms with Gasteiger partial charge in [0.25, 0.3) is 0 Å². The van der Waals surface area contributed by atoms with E-state index >= 15 is 0 Å². The monoisotopic (exact) mass is 141 g/mol. The first kappa shape index (κ1) is 8.06. The molecule has 60 valence electrons. The van der Waals surface area contributed by atoms with Crippen molar-refractivity contribution in [2.45, 2.75) is 52.1 Å². The summed E-state index contributed by atoms with van der Waals surface area (Å²) in [6.45, 7) is 6.88. The lowest BCUT2D eigenvalue weighted by Crippen LogP contribution is -2.42. The minimum atomic E-state index is 0.744. The van der Waals surface area contributed by atoms with E-state index in [4.69, 9.17) is 0 Å². The van der Waals surface area contributed by atoms with Crippen LogP contribution < -0.4 is 5.32 Å². The van der Waals surface area contributed by atoms with Gasteiger partial charge in [-0.2, -0.15) is 0 Å². The predicted molar refractivity (Wildman–Crippen MR) is 45.1 cm³/mol. The van der Waals surface area contributed by atoms with Crippen LogP contribution in [0.15, 0.2) is 0 Å². The Hall–Kier alpha value is -0.0400. The molecule has 0 aromatic carbocycles. The molecule has 0 saturated carbocycles. The van der Waals surface area contributed by atoms with Gasteiger partial charge < -0.3 is 5.32 Å². The van der Waals surface area contributed by atoms with Gasteiger partial charge >= 0.3 is 0 Å². The molecular weight excluding hydrogens is 122 g/mol. The Labute approximate surface area is 64.2 Å². The van der Waals surface area contributed by atoms with Crippen LogP contribution in [-0.4, -0.2) is 12.1 Å². The van der Waals surface area contributed by atoms with Gasteiger partial charge in [0.1, 0.15) is 0 Å². The molecule has 1 heteroatoms. The van der Waals surface area contributed by atoms with Crippen molar-refractivity contribution in [1.82, 2.24) is 5.32 Å².